The third-order valence-electron chi connectivity index (χ3n) is 3.32. The monoisotopic (exact) mass is 316 g/mol. The fourth-order valence-corrected chi connectivity index (χ4v) is 3.96. The van der Waals surface area contributed by atoms with Gasteiger partial charge in [-0.25, -0.2) is 8.42 Å². The van der Waals surface area contributed by atoms with Gasteiger partial charge in [0.25, 0.3) is 0 Å². The average molecular weight is 316 g/mol. The van der Waals surface area contributed by atoms with Gasteiger partial charge in [-0.05, 0) is 18.6 Å². The van der Waals surface area contributed by atoms with E-state index in [1.54, 1.807) is 19.1 Å². The van der Waals surface area contributed by atoms with Crippen molar-refractivity contribution in [3.63, 3.8) is 0 Å². The number of aliphatic hydroxyl groups excluding tert-OH is 2. The predicted octanol–water partition coefficient (Wildman–Crippen LogP) is -0.645. The van der Waals surface area contributed by atoms with Crippen LogP contribution in [0.1, 0.15) is 11.1 Å². The zero-order chi connectivity index (χ0) is 15.1. The molecular weight excluding hydrogens is 300 g/mol. The molecule has 4 N–H and O–H groups in total. The van der Waals surface area contributed by atoms with Crippen molar-refractivity contribution in [3.05, 3.63) is 29.3 Å². The largest absolute Gasteiger partial charge is 0.389 e. The topological polar surface area (TPSA) is 104 Å². The lowest BCUT2D eigenvalue weighted by Crippen LogP contribution is -2.30. The number of nitrogens with two attached hydrogens (primary N) is 1. The standard InChI is InChI=1S/C12H16N2O4S2/c1-7-2-3-8(12(13)19)4-11(7)20(17,18)14-5-9(15)10(16)6-14/h2-4,9-10,15-16H,5-6H2,1H3,(H2,13,19). The van der Waals surface area contributed by atoms with Gasteiger partial charge in [-0.15, -0.1) is 0 Å². The van der Waals surface area contributed by atoms with Crippen LogP contribution in [0.3, 0.4) is 0 Å². The Kier molecular flexibility index (Phi) is 4.12. The minimum atomic E-state index is -3.79. The molecule has 110 valence electrons. The molecule has 1 aliphatic heterocycles. The number of hydrogen-bond acceptors (Lipinski definition) is 5. The van der Waals surface area contributed by atoms with E-state index in [-0.39, 0.29) is 23.0 Å². The Labute approximate surface area is 122 Å². The average Bonchev–Trinajstić information content (AvgIpc) is 2.70. The normalized spacial score (nSPS) is 23.9. The first-order valence-electron chi connectivity index (χ1n) is 6.00. The van der Waals surface area contributed by atoms with Crippen molar-refractivity contribution in [2.75, 3.05) is 13.1 Å². The summed E-state index contributed by atoms with van der Waals surface area (Å²) in [6, 6.07) is 4.71. The Hall–Kier alpha value is -1.06. The van der Waals surface area contributed by atoms with Crippen LogP contribution in [0.2, 0.25) is 0 Å². The maximum atomic E-state index is 12.5. The first kappa shape index (κ1) is 15.3. The van der Waals surface area contributed by atoms with Crippen LogP contribution in [-0.4, -0.2) is 53.2 Å². The van der Waals surface area contributed by atoms with E-state index < -0.39 is 22.2 Å². The molecule has 1 heterocycles. The smallest absolute Gasteiger partial charge is 0.243 e. The summed E-state index contributed by atoms with van der Waals surface area (Å²) in [4.78, 5) is 0.201. The molecule has 2 atom stereocenters. The molecule has 0 aliphatic carbocycles. The Morgan fingerprint density at radius 1 is 1.35 bits per heavy atom. The van der Waals surface area contributed by atoms with E-state index >= 15 is 0 Å². The van der Waals surface area contributed by atoms with Gasteiger partial charge in [-0.1, -0.05) is 24.4 Å². The van der Waals surface area contributed by atoms with Crippen LogP contribution in [0.5, 0.6) is 0 Å². The van der Waals surface area contributed by atoms with Gasteiger partial charge in [0.15, 0.2) is 0 Å². The number of β-amino-alcohol motifs (C(OH)–C–C–N with tert-alkyl or cyclic N) is 2. The lowest BCUT2D eigenvalue weighted by molar-refractivity contribution is 0.0572. The van der Waals surface area contributed by atoms with Crippen molar-refractivity contribution in [3.8, 4) is 0 Å². The van der Waals surface area contributed by atoms with E-state index in [1.807, 2.05) is 0 Å². The van der Waals surface area contributed by atoms with Gasteiger partial charge in [-0.3, -0.25) is 0 Å². The maximum absolute atomic E-state index is 12.5. The van der Waals surface area contributed by atoms with Gasteiger partial charge in [0.2, 0.25) is 10.0 Å². The fraction of sp³-hybridized carbons (Fsp3) is 0.417. The van der Waals surface area contributed by atoms with E-state index in [4.69, 9.17) is 18.0 Å². The molecule has 0 saturated carbocycles. The lowest BCUT2D eigenvalue weighted by Gasteiger charge is -2.17. The summed E-state index contributed by atoms with van der Waals surface area (Å²) in [6.45, 7) is 1.42. The van der Waals surface area contributed by atoms with Crippen LogP contribution in [0.15, 0.2) is 23.1 Å². The molecule has 1 aromatic carbocycles. The van der Waals surface area contributed by atoms with E-state index in [0.717, 1.165) is 4.31 Å². The Bertz CT molecular complexity index is 635. The predicted molar refractivity (Wildman–Crippen MR) is 77.8 cm³/mol. The molecule has 0 aromatic heterocycles. The highest BCUT2D eigenvalue weighted by molar-refractivity contribution is 7.89. The van der Waals surface area contributed by atoms with Crippen molar-refractivity contribution in [2.45, 2.75) is 24.0 Å². The van der Waals surface area contributed by atoms with Gasteiger partial charge < -0.3 is 15.9 Å². The maximum Gasteiger partial charge on any atom is 0.243 e. The summed E-state index contributed by atoms with van der Waals surface area (Å²) in [5, 5.41) is 19.0. The summed E-state index contributed by atoms with van der Waals surface area (Å²) in [7, 11) is -3.79. The summed E-state index contributed by atoms with van der Waals surface area (Å²) in [6.07, 6.45) is -2.13. The van der Waals surface area contributed by atoms with Crippen molar-refractivity contribution >= 4 is 27.2 Å². The van der Waals surface area contributed by atoms with E-state index in [0.29, 0.717) is 11.1 Å². The molecule has 1 aliphatic rings. The van der Waals surface area contributed by atoms with Crippen LogP contribution in [-0.2, 0) is 10.0 Å². The third kappa shape index (κ3) is 2.70. The molecule has 1 saturated heterocycles. The zero-order valence-electron chi connectivity index (χ0n) is 10.9. The van der Waals surface area contributed by atoms with Crippen LogP contribution in [0.25, 0.3) is 0 Å². The molecule has 0 amide bonds. The summed E-state index contributed by atoms with van der Waals surface area (Å²) in [5.74, 6) is 0. The quantitative estimate of drug-likeness (QED) is 0.641. The highest BCUT2D eigenvalue weighted by Crippen LogP contribution is 2.25. The zero-order valence-corrected chi connectivity index (χ0v) is 12.5. The van der Waals surface area contributed by atoms with Gasteiger partial charge in [0, 0.05) is 18.7 Å². The second kappa shape index (κ2) is 5.38. The fourth-order valence-electron chi connectivity index (χ4n) is 2.10. The number of rotatable bonds is 3. The minimum Gasteiger partial charge on any atom is -0.389 e. The second-order valence-electron chi connectivity index (χ2n) is 4.80. The Balaban J connectivity index is 2.44. The molecular formula is C12H16N2O4S2. The number of aliphatic hydroxyl groups is 2. The molecule has 1 aromatic rings. The number of sulfonamides is 1. The first-order valence-corrected chi connectivity index (χ1v) is 7.85. The molecule has 2 unspecified atom stereocenters. The summed E-state index contributed by atoms with van der Waals surface area (Å²) in [5.41, 5.74) is 6.54. The van der Waals surface area contributed by atoms with Crippen molar-refractivity contribution in [1.29, 1.82) is 0 Å². The Morgan fingerprint density at radius 3 is 2.40 bits per heavy atom. The lowest BCUT2D eigenvalue weighted by atomic mass is 10.1. The SMILES string of the molecule is Cc1ccc(C(N)=S)cc1S(=O)(=O)N1CC(O)C(O)C1. The number of nitrogens with zero attached hydrogens (tertiary/aromatic N) is 1. The summed E-state index contributed by atoms with van der Waals surface area (Å²) < 4.78 is 26.1. The molecule has 6 nitrogen and oxygen atoms in total. The molecule has 0 bridgehead atoms. The van der Waals surface area contributed by atoms with Crippen LogP contribution in [0.4, 0.5) is 0 Å². The van der Waals surface area contributed by atoms with Gasteiger partial charge in [-0.2, -0.15) is 4.31 Å². The highest BCUT2D eigenvalue weighted by atomic mass is 32.2. The second-order valence-corrected chi connectivity index (χ2v) is 7.15. The minimum absolute atomic E-state index is 0.0871. The molecule has 1 fully saturated rings. The highest BCUT2D eigenvalue weighted by Gasteiger charge is 2.38. The van der Waals surface area contributed by atoms with E-state index in [9.17, 15) is 18.6 Å². The van der Waals surface area contributed by atoms with Crippen LogP contribution in [0, 0.1) is 6.92 Å². The molecule has 8 heteroatoms. The van der Waals surface area contributed by atoms with Crippen LogP contribution < -0.4 is 5.73 Å². The van der Waals surface area contributed by atoms with Gasteiger partial charge >= 0.3 is 0 Å². The number of benzene rings is 1. The third-order valence-corrected chi connectivity index (χ3v) is 5.53. The number of aryl methyl sites for hydroxylation is 1. The molecule has 0 spiro atoms. The van der Waals surface area contributed by atoms with Gasteiger partial charge in [0.05, 0.1) is 17.1 Å². The number of thiocarbonyl (C=S) groups is 1. The Morgan fingerprint density at radius 2 is 1.90 bits per heavy atom. The van der Waals surface area contributed by atoms with Crippen molar-refractivity contribution in [1.82, 2.24) is 4.31 Å². The van der Waals surface area contributed by atoms with E-state index in [1.165, 1.54) is 6.07 Å². The molecule has 20 heavy (non-hydrogen) atoms. The van der Waals surface area contributed by atoms with Crippen molar-refractivity contribution < 1.29 is 18.6 Å². The number of hydrogen-bond donors (Lipinski definition) is 3. The first-order chi connectivity index (χ1) is 9.23. The summed E-state index contributed by atoms with van der Waals surface area (Å²) >= 11 is 4.85. The van der Waals surface area contributed by atoms with Gasteiger partial charge in [0.1, 0.15) is 4.99 Å². The van der Waals surface area contributed by atoms with Crippen LogP contribution >= 0.6 is 12.2 Å². The molecule has 2 rings (SSSR count). The molecule has 0 radical (unpaired) electrons. The van der Waals surface area contributed by atoms with Crippen molar-refractivity contribution in [2.24, 2.45) is 5.73 Å². The van der Waals surface area contributed by atoms with E-state index in [2.05, 4.69) is 0 Å².